The highest BCUT2D eigenvalue weighted by Gasteiger charge is 2.12. The van der Waals surface area contributed by atoms with Crippen LogP contribution < -0.4 is 20.2 Å². The van der Waals surface area contributed by atoms with Gasteiger partial charge in [0.2, 0.25) is 6.79 Å². The summed E-state index contributed by atoms with van der Waals surface area (Å²) >= 11 is 5.15. The second-order valence-electron chi connectivity index (χ2n) is 4.80. The molecule has 2 aromatic carbocycles. The highest BCUT2D eigenvalue weighted by atomic mass is 32.1. The van der Waals surface area contributed by atoms with Gasteiger partial charge in [-0.3, -0.25) is 5.43 Å². The molecule has 1 aliphatic rings. The summed E-state index contributed by atoms with van der Waals surface area (Å²) in [4.78, 5) is 0. The number of nitrogens with one attached hydrogen (secondary N) is 2. The van der Waals surface area contributed by atoms with Crippen LogP contribution in [0.2, 0.25) is 0 Å². The van der Waals surface area contributed by atoms with Crippen molar-refractivity contribution in [3.05, 3.63) is 53.6 Å². The molecule has 1 heterocycles. The van der Waals surface area contributed by atoms with Gasteiger partial charge in [-0.2, -0.15) is 5.10 Å². The third-order valence-corrected chi connectivity index (χ3v) is 3.43. The van der Waals surface area contributed by atoms with E-state index in [1.807, 2.05) is 24.3 Å². The number of rotatable bonds is 4. The van der Waals surface area contributed by atoms with E-state index in [2.05, 4.69) is 15.8 Å². The number of fused-ring (bicyclic) bond motifs is 1. The SMILES string of the molecule is Oc1ccccc1/C=N/NC(=S)NCc1ccc2c(c1)OCO2. The van der Waals surface area contributed by atoms with Crippen LogP contribution in [0.4, 0.5) is 0 Å². The summed E-state index contributed by atoms with van der Waals surface area (Å²) in [6.07, 6.45) is 1.50. The topological polar surface area (TPSA) is 75.1 Å². The highest BCUT2D eigenvalue weighted by molar-refractivity contribution is 7.80. The molecule has 0 bridgehead atoms. The minimum Gasteiger partial charge on any atom is -0.507 e. The molecule has 2 aromatic rings. The quantitative estimate of drug-likeness (QED) is 0.453. The fourth-order valence-electron chi connectivity index (χ4n) is 2.03. The molecule has 118 valence electrons. The van der Waals surface area contributed by atoms with Crippen molar-refractivity contribution in [2.45, 2.75) is 6.54 Å². The van der Waals surface area contributed by atoms with E-state index in [1.165, 1.54) is 6.21 Å². The summed E-state index contributed by atoms with van der Waals surface area (Å²) in [6.45, 7) is 0.793. The van der Waals surface area contributed by atoms with Crippen molar-refractivity contribution in [1.29, 1.82) is 0 Å². The molecular weight excluding hydrogens is 314 g/mol. The second-order valence-corrected chi connectivity index (χ2v) is 5.21. The van der Waals surface area contributed by atoms with E-state index in [1.54, 1.807) is 18.2 Å². The normalized spacial score (nSPS) is 12.3. The first kappa shape index (κ1) is 15.1. The fraction of sp³-hybridized carbons (Fsp3) is 0.125. The molecule has 3 N–H and O–H groups in total. The molecule has 0 atom stereocenters. The molecule has 0 unspecified atom stereocenters. The average molecular weight is 329 g/mol. The molecule has 0 spiro atoms. The van der Waals surface area contributed by atoms with Gasteiger partial charge in [0.05, 0.1) is 6.21 Å². The Balaban J connectivity index is 1.49. The number of phenolic OH excluding ortho intramolecular Hbond substituents is 1. The lowest BCUT2D eigenvalue weighted by atomic mass is 10.2. The zero-order valence-electron chi connectivity index (χ0n) is 12.2. The van der Waals surface area contributed by atoms with Crippen LogP contribution in [0.25, 0.3) is 0 Å². The maximum atomic E-state index is 9.62. The van der Waals surface area contributed by atoms with E-state index in [0.717, 1.165) is 17.1 Å². The molecular formula is C16H15N3O3S. The molecule has 3 rings (SSSR count). The lowest BCUT2D eigenvalue weighted by molar-refractivity contribution is 0.174. The summed E-state index contributed by atoms with van der Waals surface area (Å²) in [5.41, 5.74) is 4.33. The molecule has 6 nitrogen and oxygen atoms in total. The molecule has 1 aliphatic heterocycles. The Hall–Kier alpha value is -2.80. The number of hydrogen-bond donors (Lipinski definition) is 3. The van der Waals surface area contributed by atoms with E-state index in [-0.39, 0.29) is 12.5 Å². The van der Waals surface area contributed by atoms with Crippen molar-refractivity contribution < 1.29 is 14.6 Å². The van der Waals surface area contributed by atoms with E-state index >= 15 is 0 Å². The van der Waals surface area contributed by atoms with Crippen LogP contribution in [0, 0.1) is 0 Å². The maximum absolute atomic E-state index is 9.62. The Morgan fingerprint density at radius 1 is 1.22 bits per heavy atom. The molecule has 23 heavy (non-hydrogen) atoms. The Kier molecular flexibility index (Phi) is 4.58. The van der Waals surface area contributed by atoms with Crippen LogP contribution >= 0.6 is 12.2 Å². The zero-order valence-corrected chi connectivity index (χ0v) is 13.0. The van der Waals surface area contributed by atoms with Crippen LogP contribution in [0.15, 0.2) is 47.6 Å². The van der Waals surface area contributed by atoms with Gasteiger partial charge in [0.1, 0.15) is 5.75 Å². The molecule has 0 aliphatic carbocycles. The van der Waals surface area contributed by atoms with Crippen LogP contribution in [0.1, 0.15) is 11.1 Å². The average Bonchev–Trinajstić information content (AvgIpc) is 3.02. The summed E-state index contributed by atoms with van der Waals surface area (Å²) in [6, 6.07) is 12.6. The van der Waals surface area contributed by atoms with E-state index in [4.69, 9.17) is 21.7 Å². The van der Waals surface area contributed by atoms with Gasteiger partial charge in [-0.1, -0.05) is 18.2 Å². The lowest BCUT2D eigenvalue weighted by Crippen LogP contribution is -2.31. The summed E-state index contributed by atoms with van der Waals surface area (Å²) in [7, 11) is 0. The molecule has 0 fully saturated rings. The van der Waals surface area contributed by atoms with Crippen molar-refractivity contribution in [3.8, 4) is 17.2 Å². The highest BCUT2D eigenvalue weighted by Crippen LogP contribution is 2.32. The Morgan fingerprint density at radius 2 is 2.04 bits per heavy atom. The first-order valence-corrected chi connectivity index (χ1v) is 7.36. The lowest BCUT2D eigenvalue weighted by Gasteiger charge is -2.07. The van der Waals surface area contributed by atoms with Gasteiger partial charge >= 0.3 is 0 Å². The molecule has 0 saturated carbocycles. The van der Waals surface area contributed by atoms with Crippen LogP contribution in [-0.2, 0) is 6.54 Å². The third kappa shape index (κ3) is 3.89. The smallest absolute Gasteiger partial charge is 0.231 e. The standard InChI is InChI=1S/C16H15N3O3S/c20-13-4-2-1-3-12(13)9-18-19-16(23)17-8-11-5-6-14-15(7-11)22-10-21-14/h1-7,9,20H,8,10H2,(H2,17,19,23)/b18-9+. The van der Waals surface area contributed by atoms with E-state index in [9.17, 15) is 5.11 Å². The molecule has 0 saturated heterocycles. The third-order valence-electron chi connectivity index (χ3n) is 3.20. The van der Waals surface area contributed by atoms with Crippen molar-refractivity contribution in [1.82, 2.24) is 10.7 Å². The predicted molar refractivity (Wildman–Crippen MR) is 90.8 cm³/mol. The fourth-order valence-corrected chi connectivity index (χ4v) is 2.15. The van der Waals surface area contributed by atoms with E-state index in [0.29, 0.717) is 17.2 Å². The van der Waals surface area contributed by atoms with Crippen molar-refractivity contribution in [2.75, 3.05) is 6.79 Å². The number of phenols is 1. The van der Waals surface area contributed by atoms with Crippen LogP contribution in [0.5, 0.6) is 17.2 Å². The number of para-hydroxylation sites is 1. The Labute approximate surface area is 138 Å². The van der Waals surface area contributed by atoms with Gasteiger partial charge in [-0.15, -0.1) is 0 Å². The Morgan fingerprint density at radius 3 is 2.91 bits per heavy atom. The largest absolute Gasteiger partial charge is 0.507 e. The van der Waals surface area contributed by atoms with Crippen LogP contribution in [0.3, 0.4) is 0 Å². The number of aromatic hydroxyl groups is 1. The van der Waals surface area contributed by atoms with Gasteiger partial charge in [-0.05, 0) is 42.0 Å². The minimum absolute atomic E-state index is 0.164. The van der Waals surface area contributed by atoms with Crippen molar-refractivity contribution in [3.63, 3.8) is 0 Å². The van der Waals surface area contributed by atoms with Gasteiger partial charge in [-0.25, -0.2) is 0 Å². The summed E-state index contributed by atoms with van der Waals surface area (Å²) in [5.74, 6) is 1.65. The number of hydrazone groups is 1. The number of nitrogens with zero attached hydrogens (tertiary/aromatic N) is 1. The first-order chi connectivity index (χ1) is 11.2. The minimum atomic E-state index is 0.164. The monoisotopic (exact) mass is 329 g/mol. The van der Waals surface area contributed by atoms with Gasteiger partial charge in [0, 0.05) is 12.1 Å². The summed E-state index contributed by atoms with van der Waals surface area (Å²) < 4.78 is 10.6. The van der Waals surface area contributed by atoms with Gasteiger partial charge in [0.25, 0.3) is 0 Å². The summed E-state index contributed by atoms with van der Waals surface area (Å²) in [5, 5.41) is 17.0. The maximum Gasteiger partial charge on any atom is 0.231 e. The number of hydrogen-bond acceptors (Lipinski definition) is 5. The number of ether oxygens (including phenoxy) is 2. The van der Waals surface area contributed by atoms with Gasteiger partial charge in [0.15, 0.2) is 16.6 Å². The number of thiocarbonyl (C=S) groups is 1. The van der Waals surface area contributed by atoms with Gasteiger partial charge < -0.3 is 19.9 Å². The Bertz CT molecular complexity index is 749. The molecule has 7 heteroatoms. The second kappa shape index (κ2) is 6.97. The number of benzene rings is 2. The van der Waals surface area contributed by atoms with E-state index < -0.39 is 0 Å². The first-order valence-electron chi connectivity index (χ1n) is 6.96. The zero-order chi connectivity index (χ0) is 16.1. The molecule has 0 radical (unpaired) electrons. The molecule has 0 aromatic heterocycles. The van der Waals surface area contributed by atoms with Crippen LogP contribution in [-0.4, -0.2) is 23.2 Å². The van der Waals surface area contributed by atoms with Crippen molar-refractivity contribution >= 4 is 23.5 Å². The predicted octanol–water partition coefficient (Wildman–Crippen LogP) is 2.12. The van der Waals surface area contributed by atoms with Crippen molar-refractivity contribution in [2.24, 2.45) is 5.10 Å². The molecule has 0 amide bonds.